The topological polar surface area (TPSA) is 122 Å². The summed E-state index contributed by atoms with van der Waals surface area (Å²) in [7, 11) is 0. The minimum atomic E-state index is -1.13. The van der Waals surface area contributed by atoms with E-state index in [0.29, 0.717) is 0 Å². The predicted molar refractivity (Wildman–Crippen MR) is 89.4 cm³/mol. The van der Waals surface area contributed by atoms with Gasteiger partial charge in [-0.2, -0.15) is 0 Å². The van der Waals surface area contributed by atoms with Crippen molar-refractivity contribution in [3.63, 3.8) is 0 Å². The number of carbonyl (C=O) groups is 4. The summed E-state index contributed by atoms with van der Waals surface area (Å²) in [5.41, 5.74) is 0. The predicted octanol–water partition coefficient (Wildman–Crippen LogP) is 0.550. The highest BCUT2D eigenvalue weighted by molar-refractivity contribution is 5.97. The summed E-state index contributed by atoms with van der Waals surface area (Å²) in [6, 6.07) is -1.96. The normalized spacial score (nSPS) is 22.2. The van der Waals surface area contributed by atoms with Crippen molar-refractivity contribution in [1.82, 2.24) is 10.6 Å². The van der Waals surface area contributed by atoms with Crippen molar-refractivity contribution in [1.29, 1.82) is 0 Å². The Balaban J connectivity index is 2.80. The number of ether oxygens (including phenoxy) is 1. The molecule has 0 aromatic rings. The van der Waals surface area contributed by atoms with Crippen molar-refractivity contribution in [3.05, 3.63) is 0 Å². The van der Waals surface area contributed by atoms with E-state index in [4.69, 9.17) is 4.74 Å². The first kappa shape index (κ1) is 20.9. The zero-order valence-corrected chi connectivity index (χ0v) is 15.5. The summed E-state index contributed by atoms with van der Waals surface area (Å²) in [6.07, 6.45) is -0.915. The molecule has 2 amide bonds. The Labute approximate surface area is 147 Å². The van der Waals surface area contributed by atoms with Crippen molar-refractivity contribution < 1.29 is 29.0 Å². The van der Waals surface area contributed by atoms with Crippen LogP contribution >= 0.6 is 0 Å². The van der Waals surface area contributed by atoms with E-state index < -0.39 is 47.9 Å². The Hall–Kier alpha value is -2.12. The lowest BCUT2D eigenvalue weighted by Crippen LogP contribution is -2.61. The molecule has 8 heteroatoms. The molecule has 0 aromatic carbocycles. The molecule has 0 aromatic heterocycles. The summed E-state index contributed by atoms with van der Waals surface area (Å²) in [5.74, 6) is -3.82. The molecule has 4 atom stereocenters. The summed E-state index contributed by atoms with van der Waals surface area (Å²) >= 11 is 0. The number of aliphatic carboxylic acids is 1. The SMILES string of the molecule is CC(C)[C@H](NC(=O)[C@@H](NC(=O)[C@@H]1OC(=O)[C@H]1C(C)C)C(C)C)C(=O)O. The van der Waals surface area contributed by atoms with Crippen LogP contribution in [0.3, 0.4) is 0 Å². The van der Waals surface area contributed by atoms with Crippen LogP contribution < -0.4 is 10.6 Å². The first-order chi connectivity index (χ1) is 11.5. The van der Waals surface area contributed by atoms with Gasteiger partial charge in [-0.1, -0.05) is 41.5 Å². The molecular weight excluding hydrogens is 328 g/mol. The molecule has 3 N–H and O–H groups in total. The number of carboxylic acid groups (broad SMARTS) is 1. The minimum absolute atomic E-state index is 0.0549. The van der Waals surface area contributed by atoms with E-state index >= 15 is 0 Å². The fraction of sp³-hybridized carbons (Fsp3) is 0.765. The highest BCUT2D eigenvalue weighted by atomic mass is 16.6. The number of esters is 1. The van der Waals surface area contributed by atoms with Crippen LogP contribution in [0.4, 0.5) is 0 Å². The van der Waals surface area contributed by atoms with Crippen LogP contribution in [0.1, 0.15) is 41.5 Å². The molecule has 0 saturated carbocycles. The molecule has 25 heavy (non-hydrogen) atoms. The summed E-state index contributed by atoms with van der Waals surface area (Å²) in [6.45, 7) is 10.5. The number of hydrogen-bond donors (Lipinski definition) is 3. The Morgan fingerprint density at radius 2 is 1.48 bits per heavy atom. The molecule has 1 aliphatic heterocycles. The largest absolute Gasteiger partial charge is 0.480 e. The second-order valence-corrected chi connectivity index (χ2v) is 7.43. The van der Waals surface area contributed by atoms with E-state index in [2.05, 4.69) is 10.6 Å². The van der Waals surface area contributed by atoms with Crippen molar-refractivity contribution in [2.45, 2.75) is 59.7 Å². The van der Waals surface area contributed by atoms with Crippen LogP contribution in [0.2, 0.25) is 0 Å². The Bertz CT molecular complexity index is 543. The maximum atomic E-state index is 12.5. The van der Waals surface area contributed by atoms with Crippen LogP contribution in [0.15, 0.2) is 0 Å². The zero-order chi connectivity index (χ0) is 19.5. The van der Waals surface area contributed by atoms with E-state index in [1.165, 1.54) is 0 Å². The summed E-state index contributed by atoms with van der Waals surface area (Å²) in [5, 5.41) is 14.2. The second kappa shape index (κ2) is 8.31. The van der Waals surface area contributed by atoms with Gasteiger partial charge in [0.05, 0.1) is 0 Å². The van der Waals surface area contributed by atoms with Crippen molar-refractivity contribution in [3.8, 4) is 0 Å². The lowest BCUT2D eigenvalue weighted by Gasteiger charge is -2.37. The molecule has 142 valence electrons. The molecule has 1 fully saturated rings. The smallest absolute Gasteiger partial charge is 0.326 e. The third kappa shape index (κ3) is 4.93. The van der Waals surface area contributed by atoms with E-state index in [1.807, 2.05) is 13.8 Å². The van der Waals surface area contributed by atoms with Crippen LogP contribution in [-0.4, -0.2) is 47.0 Å². The Morgan fingerprint density at radius 3 is 1.84 bits per heavy atom. The second-order valence-electron chi connectivity index (χ2n) is 7.43. The van der Waals surface area contributed by atoms with Gasteiger partial charge in [0.15, 0.2) is 6.10 Å². The van der Waals surface area contributed by atoms with Gasteiger partial charge in [0.2, 0.25) is 5.91 Å². The number of nitrogens with one attached hydrogen (secondary N) is 2. The molecule has 1 rings (SSSR count). The van der Waals surface area contributed by atoms with Crippen molar-refractivity contribution >= 4 is 23.8 Å². The lowest BCUT2D eigenvalue weighted by atomic mass is 9.85. The van der Waals surface area contributed by atoms with Gasteiger partial charge in [-0.3, -0.25) is 14.4 Å². The molecule has 1 aliphatic rings. The highest BCUT2D eigenvalue weighted by Gasteiger charge is 2.49. The Kier molecular flexibility index (Phi) is 6.96. The number of hydrogen-bond acceptors (Lipinski definition) is 5. The molecule has 1 saturated heterocycles. The van der Waals surface area contributed by atoms with Crippen LogP contribution in [0, 0.1) is 23.7 Å². The molecule has 0 spiro atoms. The standard InChI is InChI=1S/C17H28N2O6/c1-7(2)10-13(25-17(10)24)15(21)18-11(8(3)4)14(20)19-12(9(5)6)16(22)23/h7-13H,1-6H3,(H,18,21)(H,19,20)(H,22,23)/t10-,11-,12-,13+/m0/s1. The van der Waals surface area contributed by atoms with Crippen molar-refractivity contribution in [2.75, 3.05) is 0 Å². The van der Waals surface area contributed by atoms with Gasteiger partial charge >= 0.3 is 11.9 Å². The van der Waals surface area contributed by atoms with E-state index in [1.54, 1.807) is 27.7 Å². The Morgan fingerprint density at radius 1 is 0.960 bits per heavy atom. The average Bonchev–Trinajstić information content (AvgIpc) is 2.45. The summed E-state index contributed by atoms with van der Waals surface area (Å²) < 4.78 is 4.92. The quantitative estimate of drug-likeness (QED) is 0.546. The number of amides is 2. The van der Waals surface area contributed by atoms with Crippen LogP contribution in [-0.2, 0) is 23.9 Å². The lowest BCUT2D eigenvalue weighted by molar-refractivity contribution is -0.193. The minimum Gasteiger partial charge on any atom is -0.480 e. The van der Waals surface area contributed by atoms with Crippen molar-refractivity contribution in [2.24, 2.45) is 23.7 Å². The zero-order valence-electron chi connectivity index (χ0n) is 15.5. The highest BCUT2D eigenvalue weighted by Crippen LogP contribution is 2.29. The molecule has 0 aliphatic carbocycles. The maximum Gasteiger partial charge on any atom is 0.326 e. The first-order valence-electron chi connectivity index (χ1n) is 8.51. The number of carboxylic acids is 1. The molecule has 0 bridgehead atoms. The van der Waals surface area contributed by atoms with E-state index in [0.717, 1.165) is 0 Å². The van der Waals surface area contributed by atoms with Crippen LogP contribution in [0.25, 0.3) is 0 Å². The molecule has 0 radical (unpaired) electrons. The van der Waals surface area contributed by atoms with E-state index in [-0.39, 0.29) is 17.8 Å². The number of rotatable bonds is 8. The third-order valence-corrected chi connectivity index (χ3v) is 4.30. The number of carbonyl (C=O) groups excluding carboxylic acids is 3. The molecular formula is C17H28N2O6. The van der Waals surface area contributed by atoms with Gasteiger partial charge in [-0.05, 0) is 17.8 Å². The van der Waals surface area contributed by atoms with E-state index in [9.17, 15) is 24.3 Å². The monoisotopic (exact) mass is 356 g/mol. The number of cyclic esters (lactones) is 1. The molecule has 8 nitrogen and oxygen atoms in total. The van der Waals surface area contributed by atoms with Gasteiger partial charge in [-0.15, -0.1) is 0 Å². The molecule has 1 heterocycles. The third-order valence-electron chi connectivity index (χ3n) is 4.30. The fourth-order valence-electron chi connectivity index (χ4n) is 2.69. The van der Waals surface area contributed by atoms with Gasteiger partial charge in [0.1, 0.15) is 18.0 Å². The van der Waals surface area contributed by atoms with Gasteiger partial charge in [-0.25, -0.2) is 4.79 Å². The summed E-state index contributed by atoms with van der Waals surface area (Å²) in [4.78, 5) is 47.6. The fourth-order valence-corrected chi connectivity index (χ4v) is 2.69. The maximum absolute atomic E-state index is 12.5. The van der Waals surface area contributed by atoms with Gasteiger partial charge < -0.3 is 20.5 Å². The average molecular weight is 356 g/mol. The van der Waals surface area contributed by atoms with Crippen LogP contribution in [0.5, 0.6) is 0 Å². The first-order valence-corrected chi connectivity index (χ1v) is 8.51. The van der Waals surface area contributed by atoms with Gasteiger partial charge in [0.25, 0.3) is 5.91 Å². The molecule has 0 unspecified atom stereocenters. The van der Waals surface area contributed by atoms with Gasteiger partial charge in [0, 0.05) is 0 Å².